The minimum Gasteiger partial charge on any atom is -0.761 e. The van der Waals surface area contributed by atoms with Crippen molar-refractivity contribution in [3.05, 3.63) is 29.0 Å². The number of carbonyl (C=O) groups is 2. The Kier molecular flexibility index (Phi) is 8.27. The van der Waals surface area contributed by atoms with Gasteiger partial charge >= 0.3 is 5.97 Å². The fourth-order valence-corrected chi connectivity index (χ4v) is 3.04. The zero-order valence-electron chi connectivity index (χ0n) is 19.3. The highest BCUT2D eigenvalue weighted by Gasteiger charge is 2.29. The van der Waals surface area contributed by atoms with Gasteiger partial charge in [-0.25, -0.2) is 4.79 Å². The molecule has 3 N–H and O–H groups in total. The maximum Gasteiger partial charge on any atom is 0.331 e. The van der Waals surface area contributed by atoms with Gasteiger partial charge in [-0.2, -0.15) is 0 Å². The SMILES string of the molecule is CC(C)(C)OCC(NC(=O)c1cc(N2CCNCC2)ccc1N[O-])C(=O)OC(C)(C)C. The normalized spacial score (nSPS) is 15.9. The molecule has 0 aliphatic carbocycles. The van der Waals surface area contributed by atoms with Crippen molar-refractivity contribution < 1.29 is 19.1 Å². The molecule has 0 saturated carbocycles. The Balaban J connectivity index is 2.24. The molecule has 9 nitrogen and oxygen atoms in total. The Morgan fingerprint density at radius 2 is 1.77 bits per heavy atom. The van der Waals surface area contributed by atoms with Crippen LogP contribution in [-0.2, 0) is 14.3 Å². The third kappa shape index (κ3) is 8.01. The number of nitrogens with zero attached hydrogens (tertiary/aromatic N) is 1. The van der Waals surface area contributed by atoms with Gasteiger partial charge in [0.05, 0.1) is 17.8 Å². The van der Waals surface area contributed by atoms with Crippen molar-refractivity contribution in [3.8, 4) is 0 Å². The van der Waals surface area contributed by atoms with E-state index >= 15 is 0 Å². The third-order valence-electron chi connectivity index (χ3n) is 4.52. The fraction of sp³-hybridized carbons (Fsp3) is 0.636. The van der Waals surface area contributed by atoms with Crippen LogP contribution in [-0.4, -0.2) is 61.9 Å². The fourth-order valence-electron chi connectivity index (χ4n) is 3.04. The number of hydrogen-bond acceptors (Lipinski definition) is 8. The molecule has 0 aromatic heterocycles. The van der Waals surface area contributed by atoms with E-state index in [2.05, 4.69) is 15.5 Å². The van der Waals surface area contributed by atoms with Gasteiger partial charge in [-0.05, 0) is 59.7 Å². The topological polar surface area (TPSA) is 115 Å². The molecule has 1 heterocycles. The van der Waals surface area contributed by atoms with Crippen molar-refractivity contribution in [2.45, 2.75) is 58.8 Å². The summed E-state index contributed by atoms with van der Waals surface area (Å²) in [7, 11) is 0. The molecule has 1 unspecified atom stereocenters. The summed E-state index contributed by atoms with van der Waals surface area (Å²) in [5.41, 5.74) is 1.73. The molecular formula is C22H35N4O5-. The van der Waals surface area contributed by atoms with Crippen LogP contribution in [0.4, 0.5) is 11.4 Å². The number of nitrogens with one attached hydrogen (secondary N) is 3. The van der Waals surface area contributed by atoms with Gasteiger partial charge in [0.2, 0.25) is 0 Å². The lowest BCUT2D eigenvalue weighted by molar-refractivity contribution is -0.160. The van der Waals surface area contributed by atoms with Crippen LogP contribution in [0.2, 0.25) is 0 Å². The molecule has 1 saturated heterocycles. The Hall–Kier alpha value is -2.36. The van der Waals surface area contributed by atoms with E-state index in [1.54, 1.807) is 39.0 Å². The summed E-state index contributed by atoms with van der Waals surface area (Å²) >= 11 is 0. The van der Waals surface area contributed by atoms with Crippen LogP contribution < -0.4 is 21.0 Å². The smallest absolute Gasteiger partial charge is 0.331 e. The molecule has 1 aliphatic heterocycles. The van der Waals surface area contributed by atoms with E-state index in [1.165, 1.54) is 0 Å². The Labute approximate surface area is 184 Å². The molecule has 31 heavy (non-hydrogen) atoms. The summed E-state index contributed by atoms with van der Waals surface area (Å²) in [6.45, 7) is 14.1. The van der Waals surface area contributed by atoms with Gasteiger partial charge in [0, 0.05) is 37.6 Å². The lowest BCUT2D eigenvalue weighted by atomic mass is 10.1. The summed E-state index contributed by atoms with van der Waals surface area (Å²) < 4.78 is 11.2. The van der Waals surface area contributed by atoms with Crippen molar-refractivity contribution in [2.75, 3.05) is 43.2 Å². The van der Waals surface area contributed by atoms with E-state index < -0.39 is 29.1 Å². The van der Waals surface area contributed by atoms with Gasteiger partial charge in [0.15, 0.2) is 6.04 Å². The number of amides is 1. The number of ether oxygens (including phenoxy) is 2. The van der Waals surface area contributed by atoms with Crippen LogP contribution in [0, 0.1) is 5.21 Å². The zero-order chi connectivity index (χ0) is 23.2. The molecule has 1 aromatic carbocycles. The summed E-state index contributed by atoms with van der Waals surface area (Å²) in [6.07, 6.45) is 0. The van der Waals surface area contributed by atoms with Crippen molar-refractivity contribution in [3.63, 3.8) is 0 Å². The summed E-state index contributed by atoms with van der Waals surface area (Å²) in [5, 5.41) is 17.4. The standard InChI is InChI=1S/C22H35N4O5/c1-21(2,3)30-14-18(20(28)31-22(4,5)6)24-19(27)16-13-15(7-8-17(16)25-29)26-11-9-23-10-12-26/h7-8,13,18,23,25H,9-12,14H2,1-6H3,(H,24,27)/q-1. The molecule has 1 aliphatic rings. The average Bonchev–Trinajstić information content (AvgIpc) is 2.69. The number of hydrogen-bond donors (Lipinski definition) is 3. The second-order valence-electron chi connectivity index (χ2n) is 9.55. The van der Waals surface area contributed by atoms with E-state index in [0.717, 1.165) is 31.9 Å². The molecule has 0 bridgehead atoms. The Bertz CT molecular complexity index is 764. The number of carbonyl (C=O) groups excluding carboxylic acids is 2. The predicted molar refractivity (Wildman–Crippen MR) is 121 cm³/mol. The quantitative estimate of drug-likeness (QED) is 0.441. The largest absolute Gasteiger partial charge is 0.761 e. The van der Waals surface area contributed by atoms with Crippen LogP contribution >= 0.6 is 0 Å². The van der Waals surface area contributed by atoms with Gasteiger partial charge in [-0.1, -0.05) is 0 Å². The van der Waals surface area contributed by atoms with Crippen molar-refractivity contribution in [1.82, 2.24) is 10.6 Å². The first kappa shape index (κ1) is 24.9. The zero-order valence-corrected chi connectivity index (χ0v) is 19.3. The van der Waals surface area contributed by atoms with E-state index in [4.69, 9.17) is 9.47 Å². The summed E-state index contributed by atoms with van der Waals surface area (Å²) in [6, 6.07) is 4.02. The van der Waals surface area contributed by atoms with Crippen LogP contribution in [0.3, 0.4) is 0 Å². The van der Waals surface area contributed by atoms with Gasteiger partial charge < -0.3 is 35.7 Å². The lowest BCUT2D eigenvalue weighted by Crippen LogP contribution is -2.48. The van der Waals surface area contributed by atoms with Crippen LogP contribution in [0.5, 0.6) is 0 Å². The molecule has 1 aromatic rings. The summed E-state index contributed by atoms with van der Waals surface area (Å²) in [4.78, 5) is 27.9. The minimum absolute atomic E-state index is 0.0538. The molecule has 9 heteroatoms. The lowest BCUT2D eigenvalue weighted by Gasteiger charge is -2.30. The van der Waals surface area contributed by atoms with E-state index in [9.17, 15) is 14.8 Å². The summed E-state index contributed by atoms with van der Waals surface area (Å²) in [5.74, 6) is -1.15. The van der Waals surface area contributed by atoms with Gasteiger partial charge in [0.1, 0.15) is 5.60 Å². The van der Waals surface area contributed by atoms with Gasteiger partial charge in [0.25, 0.3) is 5.91 Å². The average molecular weight is 436 g/mol. The molecule has 174 valence electrons. The van der Waals surface area contributed by atoms with Crippen molar-refractivity contribution in [2.24, 2.45) is 0 Å². The molecule has 2 rings (SSSR count). The predicted octanol–water partition coefficient (Wildman–Crippen LogP) is 2.26. The van der Waals surface area contributed by atoms with Crippen LogP contribution in [0.25, 0.3) is 0 Å². The number of esters is 1. The number of anilines is 2. The molecule has 0 radical (unpaired) electrons. The van der Waals surface area contributed by atoms with E-state index in [1.807, 2.05) is 26.3 Å². The highest BCUT2D eigenvalue weighted by molar-refractivity contribution is 6.02. The molecule has 0 spiro atoms. The van der Waals surface area contributed by atoms with Crippen molar-refractivity contribution in [1.29, 1.82) is 0 Å². The second kappa shape index (κ2) is 10.3. The van der Waals surface area contributed by atoms with E-state index in [-0.39, 0.29) is 17.9 Å². The highest BCUT2D eigenvalue weighted by Crippen LogP contribution is 2.24. The second-order valence-corrected chi connectivity index (χ2v) is 9.55. The molecule has 1 atom stereocenters. The monoisotopic (exact) mass is 435 g/mol. The maximum absolute atomic E-state index is 13.1. The van der Waals surface area contributed by atoms with E-state index in [0.29, 0.717) is 0 Å². The first-order chi connectivity index (χ1) is 14.4. The molecule has 1 amide bonds. The number of rotatable bonds is 7. The Morgan fingerprint density at radius 1 is 1.13 bits per heavy atom. The minimum atomic E-state index is -1.02. The van der Waals surface area contributed by atoms with Gasteiger partial charge in [-0.3, -0.25) is 4.79 Å². The first-order valence-corrected chi connectivity index (χ1v) is 10.6. The molecular weight excluding hydrogens is 400 g/mol. The Morgan fingerprint density at radius 3 is 2.32 bits per heavy atom. The maximum atomic E-state index is 13.1. The first-order valence-electron chi connectivity index (χ1n) is 10.6. The molecule has 1 fully saturated rings. The number of benzene rings is 1. The van der Waals surface area contributed by atoms with Crippen LogP contribution in [0.15, 0.2) is 18.2 Å². The van der Waals surface area contributed by atoms with Crippen molar-refractivity contribution >= 4 is 23.3 Å². The van der Waals surface area contributed by atoms with Gasteiger partial charge in [-0.15, -0.1) is 0 Å². The number of piperazine rings is 1. The van der Waals surface area contributed by atoms with Crippen LogP contribution in [0.1, 0.15) is 51.9 Å². The third-order valence-corrected chi connectivity index (χ3v) is 4.52. The highest BCUT2D eigenvalue weighted by atomic mass is 16.6.